The van der Waals surface area contributed by atoms with Crippen molar-refractivity contribution in [2.75, 3.05) is 7.11 Å². The molecule has 1 saturated carbocycles. The lowest BCUT2D eigenvalue weighted by atomic mass is 10.0. The Morgan fingerprint density at radius 1 is 1.09 bits per heavy atom. The van der Waals surface area contributed by atoms with Crippen LogP contribution in [0.4, 0.5) is 0 Å². The molecule has 1 N–H and O–H groups in total. The van der Waals surface area contributed by atoms with Gasteiger partial charge in [-0.15, -0.1) is 0 Å². The van der Waals surface area contributed by atoms with Crippen LogP contribution in [0, 0.1) is 6.92 Å². The summed E-state index contributed by atoms with van der Waals surface area (Å²) in [5.74, 6) is 0.919. The standard InChI is InChI=1S/C19H21NO2/c1-14-3-5-15(6-4-14)13-18(21)20-19(11-12-19)16-7-9-17(22-2)10-8-16/h3-10H,11-13H2,1-2H3,(H,20,21). The molecule has 2 aromatic rings. The second kappa shape index (κ2) is 5.84. The van der Waals surface area contributed by atoms with Crippen LogP contribution in [-0.2, 0) is 16.8 Å². The summed E-state index contributed by atoms with van der Waals surface area (Å²) in [6.45, 7) is 2.05. The summed E-state index contributed by atoms with van der Waals surface area (Å²) in [4.78, 5) is 12.3. The van der Waals surface area contributed by atoms with Gasteiger partial charge in [0.15, 0.2) is 0 Å². The third-order valence-corrected chi connectivity index (χ3v) is 4.26. The highest BCUT2D eigenvalue weighted by Crippen LogP contribution is 2.45. The molecule has 0 spiro atoms. The SMILES string of the molecule is COc1ccc(C2(NC(=O)Cc3ccc(C)cc3)CC2)cc1. The number of ether oxygens (including phenoxy) is 1. The van der Waals surface area contributed by atoms with Crippen LogP contribution in [0.5, 0.6) is 5.75 Å². The van der Waals surface area contributed by atoms with Gasteiger partial charge in [0.2, 0.25) is 5.91 Å². The number of rotatable bonds is 5. The molecule has 1 aliphatic carbocycles. The number of hydrogen-bond donors (Lipinski definition) is 1. The van der Waals surface area contributed by atoms with E-state index < -0.39 is 0 Å². The van der Waals surface area contributed by atoms with Gasteiger partial charge in [0.25, 0.3) is 0 Å². The Kier molecular flexibility index (Phi) is 3.88. The van der Waals surface area contributed by atoms with E-state index in [1.807, 2.05) is 55.5 Å². The predicted molar refractivity (Wildman–Crippen MR) is 86.9 cm³/mol. The molecule has 0 aliphatic heterocycles. The number of amides is 1. The summed E-state index contributed by atoms with van der Waals surface area (Å²) >= 11 is 0. The number of aryl methyl sites for hydroxylation is 1. The Hall–Kier alpha value is -2.29. The zero-order valence-electron chi connectivity index (χ0n) is 13.1. The molecule has 0 bridgehead atoms. The number of benzene rings is 2. The Morgan fingerprint density at radius 2 is 1.73 bits per heavy atom. The predicted octanol–water partition coefficient (Wildman–Crippen LogP) is 3.35. The van der Waals surface area contributed by atoms with Crippen LogP contribution in [0.1, 0.15) is 29.5 Å². The van der Waals surface area contributed by atoms with E-state index in [0.717, 1.165) is 29.7 Å². The third-order valence-electron chi connectivity index (χ3n) is 4.26. The van der Waals surface area contributed by atoms with E-state index in [-0.39, 0.29) is 11.4 Å². The smallest absolute Gasteiger partial charge is 0.225 e. The minimum atomic E-state index is -0.173. The zero-order valence-corrected chi connectivity index (χ0v) is 13.1. The fourth-order valence-corrected chi connectivity index (χ4v) is 2.72. The Balaban J connectivity index is 1.66. The lowest BCUT2D eigenvalue weighted by Gasteiger charge is -2.18. The summed E-state index contributed by atoms with van der Waals surface area (Å²) in [6, 6.07) is 16.1. The first-order valence-corrected chi connectivity index (χ1v) is 7.62. The maximum atomic E-state index is 12.3. The molecule has 3 rings (SSSR count). The van der Waals surface area contributed by atoms with Gasteiger partial charge in [-0.3, -0.25) is 4.79 Å². The molecule has 0 unspecified atom stereocenters. The minimum absolute atomic E-state index is 0.0807. The average molecular weight is 295 g/mol. The molecule has 22 heavy (non-hydrogen) atoms. The van der Waals surface area contributed by atoms with Crippen molar-refractivity contribution in [3.8, 4) is 5.75 Å². The maximum Gasteiger partial charge on any atom is 0.225 e. The van der Waals surface area contributed by atoms with Crippen molar-refractivity contribution < 1.29 is 9.53 Å². The van der Waals surface area contributed by atoms with Crippen molar-refractivity contribution in [1.82, 2.24) is 5.32 Å². The fourth-order valence-electron chi connectivity index (χ4n) is 2.72. The normalized spacial score (nSPS) is 15.2. The second-order valence-corrected chi connectivity index (χ2v) is 6.02. The summed E-state index contributed by atoms with van der Waals surface area (Å²) < 4.78 is 5.18. The van der Waals surface area contributed by atoms with Gasteiger partial charge in [-0.2, -0.15) is 0 Å². The molecular formula is C19H21NO2. The molecule has 0 radical (unpaired) electrons. The van der Waals surface area contributed by atoms with Crippen LogP contribution in [0.25, 0.3) is 0 Å². The van der Waals surface area contributed by atoms with E-state index in [4.69, 9.17) is 4.74 Å². The Labute approximate surface area is 131 Å². The van der Waals surface area contributed by atoms with Gasteiger partial charge in [0, 0.05) is 0 Å². The van der Waals surface area contributed by atoms with E-state index in [2.05, 4.69) is 5.32 Å². The van der Waals surface area contributed by atoms with Gasteiger partial charge >= 0.3 is 0 Å². The monoisotopic (exact) mass is 295 g/mol. The van der Waals surface area contributed by atoms with Crippen LogP contribution in [-0.4, -0.2) is 13.0 Å². The van der Waals surface area contributed by atoms with Crippen molar-refractivity contribution in [2.24, 2.45) is 0 Å². The molecular weight excluding hydrogens is 274 g/mol. The second-order valence-electron chi connectivity index (χ2n) is 6.02. The van der Waals surface area contributed by atoms with Crippen LogP contribution in [0.3, 0.4) is 0 Å². The molecule has 1 aliphatic rings. The Bertz CT molecular complexity index is 655. The fraction of sp³-hybridized carbons (Fsp3) is 0.316. The summed E-state index contributed by atoms with van der Waals surface area (Å²) in [7, 11) is 1.66. The third kappa shape index (κ3) is 3.14. The zero-order chi connectivity index (χ0) is 15.6. The average Bonchev–Trinajstić information content (AvgIpc) is 3.30. The number of carbonyl (C=O) groups is 1. The van der Waals surface area contributed by atoms with Gasteiger partial charge < -0.3 is 10.1 Å². The van der Waals surface area contributed by atoms with E-state index >= 15 is 0 Å². The van der Waals surface area contributed by atoms with Gasteiger partial charge in [-0.25, -0.2) is 0 Å². The first kappa shape index (κ1) is 14.6. The van der Waals surface area contributed by atoms with E-state index in [1.165, 1.54) is 5.56 Å². The topological polar surface area (TPSA) is 38.3 Å². The van der Waals surface area contributed by atoms with Gasteiger partial charge in [-0.05, 0) is 43.0 Å². The lowest BCUT2D eigenvalue weighted by Crippen LogP contribution is -2.35. The minimum Gasteiger partial charge on any atom is -0.497 e. The van der Waals surface area contributed by atoms with E-state index in [1.54, 1.807) is 7.11 Å². The summed E-state index contributed by atoms with van der Waals surface area (Å²) in [5, 5.41) is 3.20. The van der Waals surface area contributed by atoms with Gasteiger partial charge in [0.05, 0.1) is 19.1 Å². The quantitative estimate of drug-likeness (QED) is 0.918. The Morgan fingerprint density at radius 3 is 2.27 bits per heavy atom. The molecule has 0 heterocycles. The largest absolute Gasteiger partial charge is 0.497 e. The van der Waals surface area contributed by atoms with Gasteiger partial charge in [0.1, 0.15) is 5.75 Å². The molecule has 2 aromatic carbocycles. The molecule has 0 atom stereocenters. The molecule has 3 nitrogen and oxygen atoms in total. The van der Waals surface area contributed by atoms with Gasteiger partial charge in [-0.1, -0.05) is 42.0 Å². The molecule has 0 saturated heterocycles. The molecule has 1 fully saturated rings. The van der Waals surface area contributed by atoms with Crippen molar-refractivity contribution >= 4 is 5.91 Å². The molecule has 3 heteroatoms. The van der Waals surface area contributed by atoms with E-state index in [9.17, 15) is 4.79 Å². The van der Waals surface area contributed by atoms with Crippen LogP contribution < -0.4 is 10.1 Å². The van der Waals surface area contributed by atoms with Crippen LogP contribution in [0.15, 0.2) is 48.5 Å². The number of methoxy groups -OCH3 is 1. The van der Waals surface area contributed by atoms with Crippen molar-refractivity contribution in [2.45, 2.75) is 31.7 Å². The van der Waals surface area contributed by atoms with E-state index in [0.29, 0.717) is 6.42 Å². The summed E-state index contributed by atoms with van der Waals surface area (Å²) in [5.41, 5.74) is 3.24. The number of hydrogen-bond acceptors (Lipinski definition) is 2. The molecule has 0 aromatic heterocycles. The molecule has 1 amide bonds. The highest BCUT2D eigenvalue weighted by atomic mass is 16.5. The number of carbonyl (C=O) groups excluding carboxylic acids is 1. The first-order chi connectivity index (χ1) is 10.6. The maximum absolute atomic E-state index is 12.3. The van der Waals surface area contributed by atoms with Crippen molar-refractivity contribution in [1.29, 1.82) is 0 Å². The number of nitrogens with one attached hydrogen (secondary N) is 1. The summed E-state index contributed by atoms with van der Waals surface area (Å²) in [6.07, 6.45) is 2.43. The van der Waals surface area contributed by atoms with Crippen LogP contribution in [0.2, 0.25) is 0 Å². The molecule has 114 valence electrons. The lowest BCUT2D eigenvalue weighted by molar-refractivity contribution is -0.121. The first-order valence-electron chi connectivity index (χ1n) is 7.62. The van der Waals surface area contributed by atoms with Crippen molar-refractivity contribution in [3.63, 3.8) is 0 Å². The highest BCUT2D eigenvalue weighted by Gasteiger charge is 2.45. The van der Waals surface area contributed by atoms with Crippen molar-refractivity contribution in [3.05, 3.63) is 65.2 Å². The highest BCUT2D eigenvalue weighted by molar-refractivity contribution is 5.80. The van der Waals surface area contributed by atoms with Crippen LogP contribution >= 0.6 is 0 Å².